The van der Waals surface area contributed by atoms with Gasteiger partial charge in [0.25, 0.3) is 0 Å². The number of para-hydroxylation sites is 5. The van der Waals surface area contributed by atoms with Gasteiger partial charge in [0.05, 0.1) is 5.39 Å². The van der Waals surface area contributed by atoms with Crippen LogP contribution in [0.3, 0.4) is 0 Å². The number of rotatable bonds is 8. The minimum Gasteiger partial charge on any atom is -0.537 e. The summed E-state index contributed by atoms with van der Waals surface area (Å²) in [6.45, 7) is 0. The molecule has 0 aliphatic rings. The summed E-state index contributed by atoms with van der Waals surface area (Å²) in [6, 6.07) is 96.9. The second kappa shape index (κ2) is 30.8. The summed E-state index contributed by atoms with van der Waals surface area (Å²) in [5.41, 5.74) is 12.9. The van der Waals surface area contributed by atoms with Gasteiger partial charge in [0.1, 0.15) is 61.6 Å². The fourth-order valence-corrected chi connectivity index (χ4v) is 14.8. The topological polar surface area (TPSA) is 252 Å². The molecular formula is C89H52B2Cl4N9O9. The van der Waals surface area contributed by atoms with E-state index in [0.29, 0.717) is 48.0 Å². The van der Waals surface area contributed by atoms with E-state index in [1.807, 2.05) is 224 Å². The maximum absolute atomic E-state index is 8.94. The van der Waals surface area contributed by atoms with E-state index in [9.17, 15) is 0 Å². The third kappa shape index (κ3) is 14.2. The van der Waals surface area contributed by atoms with Crippen LogP contribution in [0.1, 0.15) is 0 Å². The molecule has 3 N–H and O–H groups in total. The lowest BCUT2D eigenvalue weighted by Gasteiger charge is -2.10. The number of benzene rings is 14. The molecule has 8 aromatic heterocycles. The van der Waals surface area contributed by atoms with Gasteiger partial charge in [-0.3, -0.25) is 0 Å². The number of fused-ring (bicyclic) bond motifs is 17. The number of furan rings is 5. The molecule has 0 aliphatic carbocycles. The first-order valence-corrected chi connectivity index (χ1v) is 36.8. The Morgan fingerprint density at radius 1 is 0.265 bits per heavy atom. The van der Waals surface area contributed by atoms with Gasteiger partial charge < -0.3 is 41.8 Å². The second-order valence-electron chi connectivity index (χ2n) is 25.8. The van der Waals surface area contributed by atoms with E-state index in [-0.39, 0.29) is 21.1 Å². The molecule has 541 valence electrons. The summed E-state index contributed by atoms with van der Waals surface area (Å²) in [5, 5.41) is 40.9. The molecule has 22 aromatic rings. The molecule has 0 saturated carbocycles. The van der Waals surface area contributed by atoms with Crippen molar-refractivity contribution in [1.82, 2.24) is 44.9 Å². The monoisotopic (exact) mass is 1550 g/mol. The van der Waals surface area contributed by atoms with E-state index in [2.05, 4.69) is 79.5 Å². The van der Waals surface area contributed by atoms with Crippen molar-refractivity contribution in [3.63, 3.8) is 0 Å². The van der Waals surface area contributed by atoms with Gasteiger partial charge in [0, 0.05) is 76.3 Å². The van der Waals surface area contributed by atoms with Gasteiger partial charge in [0.2, 0.25) is 21.1 Å². The normalized spacial score (nSPS) is 11.3. The largest absolute Gasteiger partial charge is 0.569 e. The maximum Gasteiger partial charge on any atom is 0.569 e. The van der Waals surface area contributed by atoms with Crippen molar-refractivity contribution in [2.45, 2.75) is 0 Å². The number of hydrogen-bond acceptors (Lipinski definition) is 18. The van der Waals surface area contributed by atoms with E-state index >= 15 is 0 Å². The fourth-order valence-electron chi connectivity index (χ4n) is 14.1. The average Bonchev–Trinajstić information content (AvgIpc) is 1.64. The Labute approximate surface area is 661 Å². The molecule has 14 aromatic carbocycles. The van der Waals surface area contributed by atoms with Gasteiger partial charge >= 0.3 is 14.8 Å². The van der Waals surface area contributed by atoms with Crippen molar-refractivity contribution in [2.24, 2.45) is 0 Å². The Balaban J connectivity index is 0.000000110. The van der Waals surface area contributed by atoms with Gasteiger partial charge in [-0.15, -0.1) is 0 Å². The molecule has 1 radical (unpaired) electrons. The van der Waals surface area contributed by atoms with Crippen LogP contribution in [0.15, 0.2) is 319 Å². The molecule has 0 aliphatic heterocycles. The van der Waals surface area contributed by atoms with E-state index in [0.717, 1.165) is 154 Å². The Morgan fingerprint density at radius 3 is 0.938 bits per heavy atom. The van der Waals surface area contributed by atoms with Crippen LogP contribution in [0.25, 0.3) is 188 Å². The zero-order valence-electron chi connectivity index (χ0n) is 58.8. The SMILES string of the molecule is Clc1nc(-c2cccc3oc4ccccc4c23)nc(-c2cccc3oc4ccccc4c23)n1.Clc1nc(Cl)nc(Cl)n1.OB(O)c1ccc2ccccc2c1.O[B]Oc1cccc2oc3ccccc3c12.c1ccc2cc(-c3nc(-c4cccc5oc6ccccc6c45)nc(-c4cccc5oc6ccccc6c45)n3)ccc2c1. The van der Waals surface area contributed by atoms with Crippen LogP contribution < -0.4 is 10.1 Å². The van der Waals surface area contributed by atoms with E-state index < -0.39 is 7.12 Å². The lowest BCUT2D eigenvalue weighted by Crippen LogP contribution is -2.29. The van der Waals surface area contributed by atoms with Crippen molar-refractivity contribution in [2.75, 3.05) is 0 Å². The van der Waals surface area contributed by atoms with Crippen molar-refractivity contribution < 1.29 is 41.8 Å². The predicted molar refractivity (Wildman–Crippen MR) is 449 cm³/mol. The van der Waals surface area contributed by atoms with Crippen LogP contribution in [0.4, 0.5) is 0 Å². The molecule has 113 heavy (non-hydrogen) atoms. The highest BCUT2D eigenvalue weighted by molar-refractivity contribution is 6.59. The predicted octanol–water partition coefficient (Wildman–Crippen LogP) is 22.3. The molecule has 18 nitrogen and oxygen atoms in total. The molecule has 24 heteroatoms. The van der Waals surface area contributed by atoms with Crippen molar-refractivity contribution in [3.05, 3.63) is 318 Å². The Morgan fingerprint density at radius 2 is 0.558 bits per heavy atom. The third-order valence-electron chi connectivity index (χ3n) is 19.0. The van der Waals surface area contributed by atoms with Crippen molar-refractivity contribution in [3.8, 4) is 62.7 Å². The lowest BCUT2D eigenvalue weighted by molar-refractivity contribution is 0.426. The van der Waals surface area contributed by atoms with Crippen LogP contribution in [0, 0.1) is 0 Å². The van der Waals surface area contributed by atoms with Crippen molar-refractivity contribution in [1.29, 1.82) is 0 Å². The van der Waals surface area contributed by atoms with Gasteiger partial charge in [-0.1, -0.05) is 224 Å². The van der Waals surface area contributed by atoms with Gasteiger partial charge in [-0.25, -0.2) is 19.9 Å². The summed E-state index contributed by atoms with van der Waals surface area (Å²) in [7, 11) is -0.707. The first-order chi connectivity index (χ1) is 55.4. The highest BCUT2D eigenvalue weighted by Crippen LogP contribution is 2.43. The summed E-state index contributed by atoms with van der Waals surface area (Å²) in [5.74, 6) is 3.36. The molecule has 0 bridgehead atoms. The minimum atomic E-state index is -1.38. The second-order valence-corrected chi connectivity index (χ2v) is 27.2. The third-order valence-corrected chi connectivity index (χ3v) is 19.7. The summed E-state index contributed by atoms with van der Waals surface area (Å²) >= 11 is 22.4. The molecule has 22 rings (SSSR count). The van der Waals surface area contributed by atoms with Crippen molar-refractivity contribution >= 4 is 198 Å². The Kier molecular flexibility index (Phi) is 19.4. The molecule has 0 fully saturated rings. The highest BCUT2D eigenvalue weighted by atomic mass is 35.5. The molecule has 0 atom stereocenters. The summed E-state index contributed by atoms with van der Waals surface area (Å²) in [6.07, 6.45) is 0. The molecule has 0 saturated heterocycles. The van der Waals surface area contributed by atoms with Gasteiger partial charge in [-0.05, 0) is 146 Å². The quantitative estimate of drug-likeness (QED) is 0.120. The summed E-state index contributed by atoms with van der Waals surface area (Å²) in [4.78, 5) is 39.5. The fraction of sp³-hybridized carbons (Fsp3) is 0. The van der Waals surface area contributed by atoms with Crippen LogP contribution >= 0.6 is 46.4 Å². The minimum absolute atomic E-state index is 0.000000000000000444. The van der Waals surface area contributed by atoms with Crippen LogP contribution in [0.2, 0.25) is 21.1 Å². The lowest BCUT2D eigenvalue weighted by atomic mass is 9.79. The molecule has 8 heterocycles. The molecular weight excluding hydrogens is 1500 g/mol. The zero-order chi connectivity index (χ0) is 76.6. The molecule has 0 unspecified atom stereocenters. The number of nitrogens with zero attached hydrogens (tertiary/aromatic N) is 9. The van der Waals surface area contributed by atoms with Crippen LogP contribution in [0.5, 0.6) is 5.75 Å². The standard InChI is InChI=1S/C37H21N3O2.C27H14ClN3O2.C12H8BO3.C10H9BO2.C3Cl3N3/c1-2-10-23-21-24(20-19-22(23)9-1)35-38-36(27-13-7-17-31-33(27)25-11-3-5-15-29(25)41-31)40-37(39-35)28-14-8-18-32-34(28)26-12-4-6-16-30(26)42-32;28-27-30-25(17-9-5-13-21-23(17)15-7-1-3-11-19(15)32-21)29-26(31-27)18-10-6-14-22-24(18)16-8-2-4-12-20(16)33-22;14-13-16-11-7-3-6-10-12(11)8-4-1-2-5-9(8)15-10;12-11(13)10-6-5-8-3-1-2-4-9(8)7-10;4-1-7-2(5)9-3(6)8-1/h1-21H;1-14H;1-7,14H;1-7,12-13H;. The van der Waals surface area contributed by atoms with E-state index in [1.54, 1.807) is 18.2 Å². The molecule has 0 amide bonds. The maximum atomic E-state index is 8.94. The smallest absolute Gasteiger partial charge is 0.537 e. The zero-order valence-corrected chi connectivity index (χ0v) is 61.8. The van der Waals surface area contributed by atoms with Gasteiger partial charge in [-0.2, -0.15) is 24.9 Å². The van der Waals surface area contributed by atoms with E-state index in [4.69, 9.17) is 108 Å². The van der Waals surface area contributed by atoms with Crippen LogP contribution in [-0.2, 0) is 0 Å². The number of aromatic nitrogens is 9. The van der Waals surface area contributed by atoms with Crippen LogP contribution in [-0.4, -0.2) is 74.7 Å². The Hall–Kier alpha value is -13.4. The average molecular weight is 1550 g/mol. The highest BCUT2D eigenvalue weighted by Gasteiger charge is 2.24. The number of hydrogen-bond donors (Lipinski definition) is 3. The van der Waals surface area contributed by atoms with Gasteiger partial charge in [0.15, 0.2) is 29.1 Å². The first-order valence-electron chi connectivity index (χ1n) is 35.3. The molecule has 0 spiro atoms. The number of halogens is 4. The first kappa shape index (κ1) is 71.2. The Bertz CT molecular complexity index is 7090. The van der Waals surface area contributed by atoms with E-state index in [1.165, 1.54) is 5.39 Å². The summed E-state index contributed by atoms with van der Waals surface area (Å²) < 4.78 is 35.2.